The Kier molecular flexibility index (Phi) is 10.3. The van der Waals surface area contributed by atoms with Crippen molar-refractivity contribution in [2.24, 2.45) is 5.92 Å². The molecular weight excluding hydrogens is 583 g/mol. The summed E-state index contributed by atoms with van der Waals surface area (Å²) in [7, 11) is 3.20. The molecule has 1 saturated heterocycles. The molecule has 1 unspecified atom stereocenters. The first kappa shape index (κ1) is 30.9. The minimum atomic E-state index is -0.261. The Labute approximate surface area is 262 Å². The quantitative estimate of drug-likeness (QED) is 0.0895. The van der Waals surface area contributed by atoms with Gasteiger partial charge in [0, 0.05) is 23.7 Å². The van der Waals surface area contributed by atoms with Crippen LogP contribution in [0.25, 0.3) is 17.4 Å². The zero-order valence-electron chi connectivity index (χ0n) is 24.8. The van der Waals surface area contributed by atoms with Crippen molar-refractivity contribution >= 4 is 46.3 Å². The SMILES string of the molecule is COc1cc(OC)cc(-c2cc(CCCOC(=O)Cc3ccccc3)c(/C=C3\SC(=S)N(C(C)C4CCCC4)C3=O)o2)c1. The third-order valence-corrected chi connectivity index (χ3v) is 9.43. The van der Waals surface area contributed by atoms with Gasteiger partial charge in [-0.3, -0.25) is 14.5 Å². The molecule has 0 spiro atoms. The summed E-state index contributed by atoms with van der Waals surface area (Å²) in [6.07, 6.45) is 7.89. The van der Waals surface area contributed by atoms with Gasteiger partial charge in [0.2, 0.25) is 0 Å². The van der Waals surface area contributed by atoms with Crippen LogP contribution in [0.5, 0.6) is 11.5 Å². The fraction of sp³-hybridized carbons (Fsp3) is 0.382. The molecule has 5 rings (SSSR count). The maximum atomic E-state index is 13.6. The lowest BCUT2D eigenvalue weighted by Gasteiger charge is -2.28. The van der Waals surface area contributed by atoms with E-state index in [1.807, 2.05) is 48.5 Å². The Morgan fingerprint density at radius 3 is 2.47 bits per heavy atom. The number of thiocarbonyl (C=S) groups is 1. The lowest BCUT2D eigenvalue weighted by atomic mass is 9.98. The zero-order valence-corrected chi connectivity index (χ0v) is 26.4. The number of hydrogen-bond acceptors (Lipinski definition) is 8. The van der Waals surface area contributed by atoms with E-state index in [4.69, 9.17) is 30.8 Å². The first-order valence-corrected chi connectivity index (χ1v) is 15.9. The molecule has 1 aliphatic heterocycles. The molecule has 9 heteroatoms. The molecule has 0 bridgehead atoms. The predicted molar refractivity (Wildman–Crippen MR) is 173 cm³/mol. The highest BCUT2D eigenvalue weighted by atomic mass is 32.2. The number of carbonyl (C=O) groups is 2. The predicted octanol–water partition coefficient (Wildman–Crippen LogP) is 7.46. The molecule has 226 valence electrons. The first-order chi connectivity index (χ1) is 20.9. The largest absolute Gasteiger partial charge is 0.497 e. The van der Waals surface area contributed by atoms with Gasteiger partial charge in [0.1, 0.15) is 27.3 Å². The second-order valence-electron chi connectivity index (χ2n) is 10.9. The van der Waals surface area contributed by atoms with Crippen molar-refractivity contribution in [2.75, 3.05) is 20.8 Å². The van der Waals surface area contributed by atoms with E-state index < -0.39 is 0 Å². The molecule has 1 amide bonds. The van der Waals surface area contributed by atoms with E-state index in [2.05, 4.69) is 6.92 Å². The maximum absolute atomic E-state index is 13.6. The van der Waals surface area contributed by atoms with Crippen LogP contribution in [0, 0.1) is 5.92 Å². The van der Waals surface area contributed by atoms with Crippen molar-refractivity contribution in [1.29, 1.82) is 0 Å². The lowest BCUT2D eigenvalue weighted by molar-refractivity contribution is -0.142. The van der Waals surface area contributed by atoms with Gasteiger partial charge in [0.25, 0.3) is 5.91 Å². The van der Waals surface area contributed by atoms with Crippen LogP contribution < -0.4 is 9.47 Å². The summed E-state index contributed by atoms with van der Waals surface area (Å²) < 4.78 is 23.4. The maximum Gasteiger partial charge on any atom is 0.310 e. The van der Waals surface area contributed by atoms with Gasteiger partial charge in [0.15, 0.2) is 0 Å². The summed E-state index contributed by atoms with van der Waals surface area (Å²) in [5, 5.41) is 0. The monoisotopic (exact) mass is 619 g/mol. The third kappa shape index (κ3) is 7.51. The Bertz CT molecular complexity index is 1470. The molecule has 3 aromatic rings. The highest BCUT2D eigenvalue weighted by Gasteiger charge is 2.39. The molecular formula is C34H37NO6S2. The standard InChI is InChI=1S/C34H37NO6S2/c1-22(24-12-7-8-13-24)35-33(37)31(43-34(35)42)21-30-25(14-9-15-40-32(36)16-23-10-5-4-6-11-23)19-29(41-30)26-17-27(38-2)20-28(18-26)39-3/h4-6,10-11,17-22,24H,7-9,12-16H2,1-3H3/b31-21-. The smallest absolute Gasteiger partial charge is 0.310 e. The minimum absolute atomic E-state index is 0.0716. The van der Waals surface area contributed by atoms with Gasteiger partial charge in [-0.25, -0.2) is 0 Å². The number of esters is 1. The van der Waals surface area contributed by atoms with E-state index in [0.29, 0.717) is 51.0 Å². The minimum Gasteiger partial charge on any atom is -0.497 e. The fourth-order valence-electron chi connectivity index (χ4n) is 5.72. The van der Waals surface area contributed by atoms with Gasteiger partial charge in [-0.2, -0.15) is 0 Å². The van der Waals surface area contributed by atoms with Crippen LogP contribution in [0.2, 0.25) is 0 Å². The molecule has 1 aliphatic carbocycles. The van der Waals surface area contributed by atoms with Crippen LogP contribution in [-0.2, 0) is 27.2 Å². The van der Waals surface area contributed by atoms with Crippen molar-refractivity contribution in [3.05, 3.63) is 76.4 Å². The summed E-state index contributed by atoms with van der Waals surface area (Å²) in [6.45, 7) is 2.38. The highest BCUT2D eigenvalue weighted by Crippen LogP contribution is 2.40. The van der Waals surface area contributed by atoms with E-state index >= 15 is 0 Å². The summed E-state index contributed by atoms with van der Waals surface area (Å²) in [5.74, 6) is 2.62. The second-order valence-corrected chi connectivity index (χ2v) is 12.6. The molecule has 1 atom stereocenters. The van der Waals surface area contributed by atoms with Crippen molar-refractivity contribution < 1.29 is 28.2 Å². The average molecular weight is 620 g/mol. The summed E-state index contributed by atoms with van der Waals surface area (Å²) in [5.41, 5.74) is 2.61. The van der Waals surface area contributed by atoms with Crippen molar-refractivity contribution in [1.82, 2.24) is 4.90 Å². The van der Waals surface area contributed by atoms with E-state index in [-0.39, 0.29) is 30.9 Å². The highest BCUT2D eigenvalue weighted by molar-refractivity contribution is 8.26. The number of nitrogens with zero attached hydrogens (tertiary/aromatic N) is 1. The molecule has 2 aromatic carbocycles. The molecule has 2 aliphatic rings. The van der Waals surface area contributed by atoms with E-state index in [1.54, 1.807) is 31.3 Å². The lowest BCUT2D eigenvalue weighted by Crippen LogP contribution is -2.40. The van der Waals surface area contributed by atoms with Gasteiger partial charge in [-0.15, -0.1) is 0 Å². The molecule has 2 fully saturated rings. The normalized spacial score (nSPS) is 17.1. The number of hydrogen-bond donors (Lipinski definition) is 0. The van der Waals surface area contributed by atoms with Gasteiger partial charge in [0.05, 0.1) is 32.2 Å². The Morgan fingerprint density at radius 2 is 1.79 bits per heavy atom. The van der Waals surface area contributed by atoms with Crippen molar-refractivity contribution in [3.8, 4) is 22.8 Å². The van der Waals surface area contributed by atoms with Gasteiger partial charge < -0.3 is 18.6 Å². The number of benzene rings is 2. The number of aryl methyl sites for hydroxylation is 1. The summed E-state index contributed by atoms with van der Waals surface area (Å²) in [4.78, 5) is 28.3. The molecule has 1 aromatic heterocycles. The van der Waals surface area contributed by atoms with Crippen LogP contribution in [0.4, 0.5) is 0 Å². The fourth-order valence-corrected chi connectivity index (χ4v) is 7.12. The Balaban J connectivity index is 1.36. The van der Waals surface area contributed by atoms with Crippen LogP contribution >= 0.6 is 24.0 Å². The van der Waals surface area contributed by atoms with Crippen LogP contribution in [0.3, 0.4) is 0 Å². The molecule has 2 heterocycles. The van der Waals surface area contributed by atoms with E-state index in [1.165, 1.54) is 24.6 Å². The number of ether oxygens (including phenoxy) is 3. The average Bonchev–Trinajstić information content (AvgIpc) is 3.75. The van der Waals surface area contributed by atoms with Crippen LogP contribution in [0.1, 0.15) is 55.9 Å². The zero-order chi connectivity index (χ0) is 30.3. The first-order valence-electron chi connectivity index (χ1n) is 14.7. The molecule has 0 N–H and O–H groups in total. The van der Waals surface area contributed by atoms with Crippen molar-refractivity contribution in [2.45, 2.75) is 57.9 Å². The van der Waals surface area contributed by atoms with Crippen LogP contribution in [0.15, 0.2) is 63.9 Å². The van der Waals surface area contributed by atoms with Gasteiger partial charge in [-0.05, 0) is 67.9 Å². The Morgan fingerprint density at radius 1 is 1.09 bits per heavy atom. The number of methoxy groups -OCH3 is 2. The third-order valence-electron chi connectivity index (χ3n) is 8.10. The Hall–Kier alpha value is -3.56. The second kappa shape index (κ2) is 14.3. The number of amides is 1. The van der Waals surface area contributed by atoms with E-state index in [0.717, 1.165) is 29.5 Å². The topological polar surface area (TPSA) is 78.2 Å². The number of carbonyl (C=O) groups excluding carboxylic acids is 2. The van der Waals surface area contributed by atoms with Gasteiger partial charge >= 0.3 is 5.97 Å². The summed E-state index contributed by atoms with van der Waals surface area (Å²) >= 11 is 6.99. The molecule has 7 nitrogen and oxygen atoms in total. The van der Waals surface area contributed by atoms with Crippen molar-refractivity contribution in [3.63, 3.8) is 0 Å². The molecule has 0 radical (unpaired) electrons. The van der Waals surface area contributed by atoms with Crippen LogP contribution in [-0.4, -0.2) is 48.0 Å². The van der Waals surface area contributed by atoms with E-state index in [9.17, 15) is 9.59 Å². The summed E-state index contributed by atoms with van der Waals surface area (Å²) in [6, 6.07) is 17.1. The molecule has 43 heavy (non-hydrogen) atoms. The van der Waals surface area contributed by atoms with Gasteiger partial charge in [-0.1, -0.05) is 67.2 Å². The number of rotatable bonds is 12. The number of thioether (sulfide) groups is 1. The number of furan rings is 1. The molecule has 1 saturated carbocycles.